The Kier molecular flexibility index (Phi) is 6.05. The van der Waals surface area contributed by atoms with Crippen molar-refractivity contribution in [2.75, 3.05) is 29.5 Å². The molecule has 10 heteroatoms. The fourth-order valence-corrected chi connectivity index (χ4v) is 8.19. The highest BCUT2D eigenvalue weighted by Gasteiger charge is 2.56. The van der Waals surface area contributed by atoms with Crippen molar-refractivity contribution in [2.45, 2.75) is 51.5 Å². The van der Waals surface area contributed by atoms with Crippen LogP contribution in [-0.2, 0) is 19.4 Å². The number of anilines is 1. The van der Waals surface area contributed by atoms with Gasteiger partial charge in [0.15, 0.2) is 9.84 Å². The first kappa shape index (κ1) is 24.1. The lowest BCUT2D eigenvalue weighted by atomic mass is 9.49. The van der Waals surface area contributed by atoms with E-state index in [2.05, 4.69) is 0 Å². The molecule has 0 radical (unpaired) electrons. The highest BCUT2D eigenvalue weighted by molar-refractivity contribution is 7.91. The van der Waals surface area contributed by atoms with Gasteiger partial charge in [-0.1, -0.05) is 0 Å². The summed E-state index contributed by atoms with van der Waals surface area (Å²) in [5.74, 6) is 0.559. The number of carbonyl (C=O) groups excluding carboxylic acids is 2. The van der Waals surface area contributed by atoms with E-state index in [0.717, 1.165) is 19.3 Å². The number of rotatable bonds is 5. The second-order valence-electron chi connectivity index (χ2n) is 10.9. The molecule has 190 valence electrons. The molecule has 1 aromatic carbocycles. The van der Waals surface area contributed by atoms with Gasteiger partial charge in [-0.2, -0.15) is 0 Å². The number of carboxylic acids is 1. The molecule has 1 saturated heterocycles. The average molecular weight is 505 g/mol. The molecule has 4 bridgehead atoms. The van der Waals surface area contributed by atoms with Gasteiger partial charge in [0, 0.05) is 18.8 Å². The van der Waals surface area contributed by atoms with Gasteiger partial charge in [-0.05, 0) is 87.5 Å². The number of sulfone groups is 1. The van der Waals surface area contributed by atoms with E-state index in [4.69, 9.17) is 4.74 Å². The molecule has 1 aromatic rings. The Morgan fingerprint density at radius 3 is 2.00 bits per heavy atom. The third-order valence-corrected chi connectivity index (χ3v) is 9.99. The first-order valence-corrected chi connectivity index (χ1v) is 14.2. The van der Waals surface area contributed by atoms with Crippen LogP contribution in [0.3, 0.4) is 0 Å². The quantitative estimate of drug-likeness (QED) is 0.654. The maximum Gasteiger partial charge on any atom is 0.415 e. The molecule has 6 rings (SSSR count). The largest absolute Gasteiger partial charge is 0.480 e. The number of carbonyl (C=O) groups is 3. The Balaban J connectivity index is 1.33. The second kappa shape index (κ2) is 8.80. The lowest BCUT2D eigenvalue weighted by Crippen LogP contribution is -2.57. The molecule has 5 fully saturated rings. The van der Waals surface area contributed by atoms with Gasteiger partial charge in [0.25, 0.3) is 0 Å². The Morgan fingerprint density at radius 1 is 1.00 bits per heavy atom. The lowest BCUT2D eigenvalue weighted by Gasteiger charge is -2.56. The Morgan fingerprint density at radius 2 is 1.51 bits per heavy atom. The number of carboxylic acid groups (broad SMARTS) is 1. The zero-order valence-electron chi connectivity index (χ0n) is 19.9. The summed E-state index contributed by atoms with van der Waals surface area (Å²) >= 11 is 0. The van der Waals surface area contributed by atoms with E-state index in [1.165, 1.54) is 36.0 Å². The van der Waals surface area contributed by atoms with Crippen LogP contribution in [0.2, 0.25) is 0 Å². The van der Waals surface area contributed by atoms with Crippen molar-refractivity contribution in [2.24, 2.45) is 23.2 Å². The molecule has 0 spiro atoms. The van der Waals surface area contributed by atoms with Crippen molar-refractivity contribution in [3.8, 4) is 5.75 Å². The first-order valence-electron chi connectivity index (χ1n) is 12.4. The third-order valence-electron chi connectivity index (χ3n) is 8.38. The van der Waals surface area contributed by atoms with E-state index in [1.54, 1.807) is 24.3 Å². The average Bonchev–Trinajstić information content (AvgIpc) is 2.79. The highest BCUT2D eigenvalue weighted by Crippen LogP contribution is 2.60. The second-order valence-corrected chi connectivity index (χ2v) is 13.2. The molecule has 1 N–H and O–H groups in total. The van der Waals surface area contributed by atoms with E-state index in [1.807, 2.05) is 0 Å². The molecule has 1 aliphatic heterocycles. The van der Waals surface area contributed by atoms with Crippen molar-refractivity contribution >= 4 is 33.5 Å². The summed E-state index contributed by atoms with van der Waals surface area (Å²) in [5, 5.41) is 9.79. The number of benzene rings is 1. The van der Waals surface area contributed by atoms with E-state index in [9.17, 15) is 27.9 Å². The minimum Gasteiger partial charge on any atom is -0.480 e. The first-order chi connectivity index (χ1) is 16.6. The molecule has 0 unspecified atom stereocenters. The number of amides is 2. The van der Waals surface area contributed by atoms with Gasteiger partial charge in [0.1, 0.15) is 11.8 Å². The van der Waals surface area contributed by atoms with E-state index >= 15 is 0 Å². The third kappa shape index (κ3) is 4.64. The standard InChI is InChI=1S/C25H32N2O7S/c1-16(22(28)29)27(23(30)25-13-17-10-18(14-25)12-19(11-17)15-25)20-2-4-21(5-3-20)34-24(31)26-6-8-35(32,33)9-7-26/h2-5,16-19H,6-15H2,1H3,(H,28,29)/t16-,17?,18?,19?,25?/m0/s1. The number of hydrogen-bond donors (Lipinski definition) is 1. The zero-order valence-corrected chi connectivity index (χ0v) is 20.7. The van der Waals surface area contributed by atoms with Gasteiger partial charge in [0.2, 0.25) is 5.91 Å². The Bertz CT molecular complexity index is 1080. The van der Waals surface area contributed by atoms with Crippen molar-refractivity contribution in [3.63, 3.8) is 0 Å². The van der Waals surface area contributed by atoms with E-state index in [0.29, 0.717) is 23.4 Å². The maximum atomic E-state index is 14.0. The van der Waals surface area contributed by atoms with Crippen LogP contribution < -0.4 is 9.64 Å². The predicted octanol–water partition coefficient (Wildman–Crippen LogP) is 2.94. The summed E-state index contributed by atoms with van der Waals surface area (Å²) in [6.45, 7) is 1.70. The van der Waals surface area contributed by atoms with Crippen LogP contribution in [0, 0.1) is 23.2 Å². The normalized spacial score (nSPS) is 31.6. The van der Waals surface area contributed by atoms with Crippen LogP contribution in [0.5, 0.6) is 5.75 Å². The summed E-state index contributed by atoms with van der Waals surface area (Å²) in [6.07, 6.45) is 5.43. The minimum absolute atomic E-state index is 0.0860. The lowest BCUT2D eigenvalue weighted by molar-refractivity contribution is -0.147. The molecule has 1 heterocycles. The predicted molar refractivity (Wildman–Crippen MR) is 128 cm³/mol. The summed E-state index contributed by atoms with van der Waals surface area (Å²) in [7, 11) is -3.11. The van der Waals surface area contributed by atoms with E-state index in [-0.39, 0.29) is 36.3 Å². The summed E-state index contributed by atoms with van der Waals surface area (Å²) < 4.78 is 28.6. The fraction of sp³-hybridized carbons (Fsp3) is 0.640. The molecule has 4 saturated carbocycles. The van der Waals surface area contributed by atoms with Gasteiger partial charge in [-0.25, -0.2) is 18.0 Å². The van der Waals surface area contributed by atoms with Crippen LogP contribution in [0.1, 0.15) is 45.4 Å². The SMILES string of the molecule is C[C@@H](C(=O)O)N(C(=O)C12CC3CC(CC(C3)C1)C2)c1ccc(OC(=O)N2CCS(=O)(=O)CC2)cc1. The van der Waals surface area contributed by atoms with Gasteiger partial charge in [-0.15, -0.1) is 0 Å². The van der Waals surface area contributed by atoms with Crippen molar-refractivity contribution in [3.05, 3.63) is 24.3 Å². The van der Waals surface area contributed by atoms with Crippen LogP contribution in [0.15, 0.2) is 24.3 Å². The molecule has 9 nitrogen and oxygen atoms in total. The van der Waals surface area contributed by atoms with Crippen LogP contribution in [-0.4, -0.2) is 67.0 Å². The van der Waals surface area contributed by atoms with Crippen LogP contribution >= 0.6 is 0 Å². The fourth-order valence-electron chi connectivity index (χ4n) is 6.99. The molecular weight excluding hydrogens is 472 g/mol. The smallest absolute Gasteiger partial charge is 0.415 e. The van der Waals surface area contributed by atoms with Crippen molar-refractivity contribution in [1.29, 1.82) is 0 Å². The zero-order chi connectivity index (χ0) is 25.0. The highest BCUT2D eigenvalue weighted by atomic mass is 32.2. The molecule has 2 amide bonds. The van der Waals surface area contributed by atoms with E-state index < -0.39 is 33.4 Å². The van der Waals surface area contributed by atoms with Gasteiger partial charge < -0.3 is 14.7 Å². The summed E-state index contributed by atoms with van der Waals surface area (Å²) in [6, 6.07) is 5.28. The molecular formula is C25H32N2O7S. The molecule has 35 heavy (non-hydrogen) atoms. The number of aliphatic carboxylic acids is 1. The summed E-state index contributed by atoms with van der Waals surface area (Å²) in [4.78, 5) is 41.1. The Labute approximate surface area is 205 Å². The molecule has 4 aliphatic carbocycles. The van der Waals surface area contributed by atoms with Crippen molar-refractivity contribution < 1.29 is 32.6 Å². The topological polar surface area (TPSA) is 121 Å². The van der Waals surface area contributed by atoms with Crippen LogP contribution in [0.4, 0.5) is 10.5 Å². The van der Waals surface area contributed by atoms with Crippen LogP contribution in [0.25, 0.3) is 0 Å². The number of nitrogens with zero attached hydrogens (tertiary/aromatic N) is 2. The molecule has 0 aromatic heterocycles. The summed E-state index contributed by atoms with van der Waals surface area (Å²) in [5.41, 5.74) is -0.0254. The van der Waals surface area contributed by atoms with Gasteiger partial charge >= 0.3 is 12.1 Å². The number of ether oxygens (including phenoxy) is 1. The monoisotopic (exact) mass is 504 g/mol. The Hall–Kier alpha value is -2.62. The van der Waals surface area contributed by atoms with Gasteiger partial charge in [0.05, 0.1) is 16.9 Å². The van der Waals surface area contributed by atoms with Crippen molar-refractivity contribution in [1.82, 2.24) is 4.90 Å². The minimum atomic E-state index is -3.11. The maximum absolute atomic E-state index is 14.0. The molecule has 1 atom stereocenters. The molecule has 5 aliphatic rings. The number of hydrogen-bond acceptors (Lipinski definition) is 6. The van der Waals surface area contributed by atoms with Gasteiger partial charge in [-0.3, -0.25) is 9.69 Å².